The summed E-state index contributed by atoms with van der Waals surface area (Å²) in [6, 6.07) is 6.22. The van der Waals surface area contributed by atoms with Crippen LogP contribution in [0.5, 0.6) is 0 Å². The summed E-state index contributed by atoms with van der Waals surface area (Å²) >= 11 is 0. The predicted octanol–water partition coefficient (Wildman–Crippen LogP) is 2.21. The molecule has 2 rings (SSSR count). The van der Waals surface area contributed by atoms with E-state index in [0.717, 1.165) is 18.5 Å². The lowest BCUT2D eigenvalue weighted by molar-refractivity contribution is -0.138. The molecule has 6 nitrogen and oxygen atoms in total. The van der Waals surface area contributed by atoms with E-state index in [4.69, 9.17) is 4.74 Å². The van der Waals surface area contributed by atoms with Crippen LogP contribution >= 0.6 is 0 Å². The lowest BCUT2D eigenvalue weighted by Crippen LogP contribution is -2.47. The van der Waals surface area contributed by atoms with E-state index in [1.807, 2.05) is 6.07 Å². The summed E-state index contributed by atoms with van der Waals surface area (Å²) in [5.41, 5.74) is 1.93. The molecule has 0 spiro atoms. The number of ether oxygens (including phenoxy) is 1. The molecule has 2 N–H and O–H groups in total. The molecule has 1 aliphatic rings. The average molecular weight is 363 g/mol. The Morgan fingerprint density at radius 2 is 2.12 bits per heavy atom. The first-order valence-electron chi connectivity index (χ1n) is 8.94. The molecule has 0 saturated heterocycles. The second-order valence-electron chi connectivity index (χ2n) is 6.14. The molecule has 0 aromatic heterocycles. The quantitative estimate of drug-likeness (QED) is 0.660. The highest BCUT2D eigenvalue weighted by atomic mass is 19.1. The molecule has 0 bridgehead atoms. The van der Waals surface area contributed by atoms with Crippen LogP contribution in [-0.4, -0.2) is 49.7 Å². The van der Waals surface area contributed by atoms with Gasteiger partial charge >= 0.3 is 12.0 Å². The van der Waals surface area contributed by atoms with Gasteiger partial charge in [0.2, 0.25) is 0 Å². The summed E-state index contributed by atoms with van der Waals surface area (Å²) in [4.78, 5) is 26.0. The van der Waals surface area contributed by atoms with Crippen molar-refractivity contribution in [3.8, 4) is 0 Å². The lowest BCUT2D eigenvalue weighted by atomic mass is 10.1. The minimum absolute atomic E-state index is 0.157. The Bertz CT molecular complexity index is 676. The summed E-state index contributed by atoms with van der Waals surface area (Å²) in [6.07, 6.45) is 1.61. The second kappa shape index (κ2) is 9.91. The van der Waals surface area contributed by atoms with Gasteiger partial charge in [-0.25, -0.2) is 14.0 Å². The van der Waals surface area contributed by atoms with Crippen LogP contribution in [0.1, 0.15) is 25.8 Å². The molecular formula is C19H26FN3O3. The first-order valence-corrected chi connectivity index (χ1v) is 8.94. The Kier molecular flexibility index (Phi) is 7.59. The zero-order valence-corrected chi connectivity index (χ0v) is 15.3. The van der Waals surface area contributed by atoms with Crippen LogP contribution in [0.4, 0.5) is 9.18 Å². The normalized spacial score (nSPS) is 14.2. The first-order chi connectivity index (χ1) is 12.5. The van der Waals surface area contributed by atoms with Crippen LogP contribution in [0, 0.1) is 5.82 Å². The Balaban J connectivity index is 2.09. The van der Waals surface area contributed by atoms with Crippen molar-refractivity contribution in [3.63, 3.8) is 0 Å². The number of benzene rings is 1. The summed E-state index contributed by atoms with van der Waals surface area (Å²) in [6.45, 7) is 6.18. The average Bonchev–Trinajstić information content (AvgIpc) is 2.60. The van der Waals surface area contributed by atoms with Crippen LogP contribution in [0.2, 0.25) is 0 Å². The van der Waals surface area contributed by atoms with E-state index in [1.165, 1.54) is 12.1 Å². The van der Waals surface area contributed by atoms with Gasteiger partial charge in [0.1, 0.15) is 5.82 Å². The van der Waals surface area contributed by atoms with Crippen LogP contribution < -0.4 is 10.6 Å². The van der Waals surface area contributed by atoms with Gasteiger partial charge in [0.25, 0.3) is 0 Å². The van der Waals surface area contributed by atoms with Crippen molar-refractivity contribution in [1.29, 1.82) is 0 Å². The Morgan fingerprint density at radius 3 is 2.81 bits per heavy atom. The smallest absolute Gasteiger partial charge is 0.337 e. The maximum Gasteiger partial charge on any atom is 0.337 e. The molecule has 2 amide bonds. The summed E-state index contributed by atoms with van der Waals surface area (Å²) in [5.74, 6) is -0.668. The van der Waals surface area contributed by atoms with Crippen molar-refractivity contribution in [2.45, 2.75) is 26.7 Å². The number of amides is 2. The van der Waals surface area contributed by atoms with E-state index in [-0.39, 0.29) is 25.0 Å². The number of rotatable bonds is 9. The Hall–Kier alpha value is -2.41. The molecular weight excluding hydrogens is 337 g/mol. The fourth-order valence-corrected chi connectivity index (χ4v) is 2.87. The third-order valence-electron chi connectivity index (χ3n) is 4.10. The number of hydrogen-bond acceptors (Lipinski definition) is 4. The van der Waals surface area contributed by atoms with E-state index >= 15 is 0 Å². The number of nitrogens with one attached hydrogen (secondary N) is 2. The van der Waals surface area contributed by atoms with Gasteiger partial charge in [0, 0.05) is 18.8 Å². The minimum atomic E-state index is -0.420. The molecule has 0 atom stereocenters. The summed E-state index contributed by atoms with van der Waals surface area (Å²) < 4.78 is 18.4. The molecule has 1 aliphatic heterocycles. The number of esters is 1. The molecule has 1 heterocycles. The fraction of sp³-hybridized carbons (Fsp3) is 0.474. The maximum atomic E-state index is 13.3. The van der Waals surface area contributed by atoms with E-state index in [0.29, 0.717) is 30.8 Å². The van der Waals surface area contributed by atoms with E-state index < -0.39 is 5.97 Å². The van der Waals surface area contributed by atoms with Gasteiger partial charge in [-0.15, -0.1) is 0 Å². The SMILES string of the molecule is CCCN(CCc1cccc(F)c1)CC1=C(C(=O)OCC)CNC(=O)N1. The van der Waals surface area contributed by atoms with E-state index in [1.54, 1.807) is 13.0 Å². The number of carbonyl (C=O) groups is 2. The third-order valence-corrected chi connectivity index (χ3v) is 4.10. The van der Waals surface area contributed by atoms with Crippen molar-refractivity contribution in [2.24, 2.45) is 0 Å². The molecule has 0 aliphatic carbocycles. The molecule has 1 aromatic rings. The topological polar surface area (TPSA) is 70.7 Å². The van der Waals surface area contributed by atoms with Gasteiger partial charge in [-0.3, -0.25) is 4.90 Å². The molecule has 26 heavy (non-hydrogen) atoms. The molecule has 0 unspecified atom stereocenters. The van der Waals surface area contributed by atoms with Crippen LogP contribution in [0.15, 0.2) is 35.5 Å². The number of nitrogens with zero attached hydrogens (tertiary/aromatic N) is 1. The summed E-state index contributed by atoms with van der Waals surface area (Å²) in [7, 11) is 0. The van der Waals surface area contributed by atoms with Crippen molar-refractivity contribution >= 4 is 12.0 Å². The van der Waals surface area contributed by atoms with Gasteiger partial charge < -0.3 is 15.4 Å². The number of urea groups is 1. The van der Waals surface area contributed by atoms with E-state index in [9.17, 15) is 14.0 Å². The highest BCUT2D eigenvalue weighted by molar-refractivity contribution is 5.93. The Morgan fingerprint density at radius 1 is 1.31 bits per heavy atom. The molecule has 1 aromatic carbocycles. The molecule has 0 saturated carbocycles. The highest BCUT2D eigenvalue weighted by Crippen LogP contribution is 2.12. The number of hydrogen-bond donors (Lipinski definition) is 2. The zero-order valence-electron chi connectivity index (χ0n) is 15.3. The van der Waals surface area contributed by atoms with Gasteiger partial charge in [-0.2, -0.15) is 0 Å². The number of carbonyl (C=O) groups excluding carboxylic acids is 2. The first kappa shape index (κ1) is 19.9. The van der Waals surface area contributed by atoms with Gasteiger partial charge in [0.05, 0.1) is 18.7 Å². The van der Waals surface area contributed by atoms with Crippen LogP contribution in [-0.2, 0) is 16.0 Å². The maximum absolute atomic E-state index is 13.3. The van der Waals surface area contributed by atoms with Gasteiger partial charge in [0.15, 0.2) is 0 Å². The highest BCUT2D eigenvalue weighted by Gasteiger charge is 2.24. The largest absolute Gasteiger partial charge is 0.463 e. The lowest BCUT2D eigenvalue weighted by Gasteiger charge is -2.27. The van der Waals surface area contributed by atoms with Crippen molar-refractivity contribution in [2.75, 3.05) is 32.8 Å². The van der Waals surface area contributed by atoms with Crippen molar-refractivity contribution < 1.29 is 18.7 Å². The van der Waals surface area contributed by atoms with Crippen molar-refractivity contribution in [3.05, 3.63) is 46.9 Å². The fourth-order valence-electron chi connectivity index (χ4n) is 2.87. The molecule has 0 fully saturated rings. The van der Waals surface area contributed by atoms with Crippen LogP contribution in [0.25, 0.3) is 0 Å². The monoisotopic (exact) mass is 363 g/mol. The van der Waals surface area contributed by atoms with E-state index in [2.05, 4.69) is 22.5 Å². The standard InChI is InChI=1S/C19H26FN3O3/c1-3-9-23(10-8-14-6-5-7-15(20)11-14)13-17-16(18(24)26-4-2)12-21-19(25)22-17/h5-7,11H,3-4,8-10,12-13H2,1-2H3,(H2,21,22,25). The minimum Gasteiger partial charge on any atom is -0.463 e. The predicted molar refractivity (Wildman–Crippen MR) is 97.0 cm³/mol. The Labute approximate surface area is 153 Å². The number of halogens is 1. The summed E-state index contributed by atoms with van der Waals surface area (Å²) in [5, 5.41) is 5.33. The van der Waals surface area contributed by atoms with Crippen molar-refractivity contribution in [1.82, 2.24) is 15.5 Å². The van der Waals surface area contributed by atoms with Gasteiger partial charge in [-0.05, 0) is 44.0 Å². The molecule has 0 radical (unpaired) electrons. The zero-order chi connectivity index (χ0) is 18.9. The van der Waals surface area contributed by atoms with Crippen LogP contribution in [0.3, 0.4) is 0 Å². The van der Waals surface area contributed by atoms with Gasteiger partial charge in [-0.1, -0.05) is 19.1 Å². The second-order valence-corrected chi connectivity index (χ2v) is 6.14. The molecule has 7 heteroatoms. The third kappa shape index (κ3) is 5.84. The molecule has 142 valence electrons.